The van der Waals surface area contributed by atoms with Gasteiger partial charge in [-0.3, -0.25) is 0 Å². The molecule has 0 aliphatic carbocycles. The number of aromatic hydroxyl groups is 2. The summed E-state index contributed by atoms with van der Waals surface area (Å²) in [6, 6.07) is 4.21. The smallest absolute Gasteiger partial charge is 0.230 e. The monoisotopic (exact) mass is 192 g/mol. The Balaban J connectivity index is 2.58. The Labute approximate surface area is 79.4 Å². The number of aromatic nitrogens is 1. The Kier molecular flexibility index (Phi) is 1.78. The van der Waals surface area contributed by atoms with Crippen molar-refractivity contribution in [2.75, 3.05) is 5.73 Å². The van der Waals surface area contributed by atoms with E-state index < -0.39 is 0 Å². The zero-order valence-corrected chi connectivity index (χ0v) is 7.14. The molecule has 1 aromatic heterocycles. The number of nitrogen functional groups attached to an aromatic ring is 1. The lowest BCUT2D eigenvalue weighted by molar-refractivity contribution is 0.436. The molecule has 5 heteroatoms. The van der Waals surface area contributed by atoms with Gasteiger partial charge in [0.2, 0.25) is 5.88 Å². The predicted molar refractivity (Wildman–Crippen MR) is 49.7 cm³/mol. The van der Waals surface area contributed by atoms with Crippen molar-refractivity contribution >= 4 is 5.88 Å². The van der Waals surface area contributed by atoms with Crippen molar-refractivity contribution in [2.24, 2.45) is 0 Å². The van der Waals surface area contributed by atoms with Gasteiger partial charge in [0, 0.05) is 11.6 Å². The van der Waals surface area contributed by atoms with Gasteiger partial charge in [0.05, 0.1) is 11.8 Å². The number of phenolic OH excluding ortho intramolecular Hbond substituents is 2. The molecule has 2 rings (SSSR count). The number of anilines is 1. The molecule has 0 bridgehead atoms. The quantitative estimate of drug-likeness (QED) is 0.633. The molecule has 1 aromatic carbocycles. The lowest BCUT2D eigenvalue weighted by Gasteiger charge is -2.01. The minimum absolute atomic E-state index is 0.0127. The summed E-state index contributed by atoms with van der Waals surface area (Å²) in [4.78, 5) is 0. The van der Waals surface area contributed by atoms with Gasteiger partial charge in [-0.2, -0.15) is 0 Å². The van der Waals surface area contributed by atoms with E-state index in [1.807, 2.05) is 0 Å². The summed E-state index contributed by atoms with van der Waals surface area (Å²) in [5.41, 5.74) is 6.45. The average molecular weight is 192 g/mol. The number of nitrogens with zero attached hydrogens (tertiary/aromatic N) is 1. The molecule has 0 spiro atoms. The lowest BCUT2D eigenvalue weighted by atomic mass is 10.1. The summed E-state index contributed by atoms with van der Waals surface area (Å²) in [5, 5.41) is 22.1. The zero-order valence-electron chi connectivity index (χ0n) is 7.14. The van der Waals surface area contributed by atoms with Crippen LogP contribution in [0.2, 0.25) is 0 Å². The maximum Gasteiger partial charge on any atom is 0.230 e. The Hall–Kier alpha value is -2.17. The van der Waals surface area contributed by atoms with Gasteiger partial charge in [-0.05, 0) is 12.1 Å². The second-order valence-electron chi connectivity index (χ2n) is 2.81. The molecule has 1 heterocycles. The summed E-state index contributed by atoms with van der Waals surface area (Å²) >= 11 is 0. The van der Waals surface area contributed by atoms with E-state index in [2.05, 4.69) is 9.68 Å². The highest BCUT2D eigenvalue weighted by Gasteiger charge is 2.11. The molecule has 0 aliphatic heterocycles. The second-order valence-corrected chi connectivity index (χ2v) is 2.81. The van der Waals surface area contributed by atoms with Gasteiger partial charge in [0.25, 0.3) is 0 Å². The van der Waals surface area contributed by atoms with E-state index in [-0.39, 0.29) is 17.4 Å². The first kappa shape index (κ1) is 8.43. The van der Waals surface area contributed by atoms with E-state index in [4.69, 9.17) is 10.8 Å². The fourth-order valence-corrected chi connectivity index (χ4v) is 1.20. The normalized spacial score (nSPS) is 10.3. The Morgan fingerprint density at radius 3 is 2.57 bits per heavy atom. The fourth-order valence-electron chi connectivity index (χ4n) is 1.20. The summed E-state index contributed by atoms with van der Waals surface area (Å²) in [6.45, 7) is 0. The van der Waals surface area contributed by atoms with Crippen LogP contribution in [-0.2, 0) is 0 Å². The van der Waals surface area contributed by atoms with E-state index in [1.165, 1.54) is 24.4 Å². The van der Waals surface area contributed by atoms with E-state index in [1.54, 1.807) is 0 Å². The van der Waals surface area contributed by atoms with Crippen molar-refractivity contribution in [3.63, 3.8) is 0 Å². The third-order valence-electron chi connectivity index (χ3n) is 1.87. The van der Waals surface area contributed by atoms with Gasteiger partial charge in [-0.15, -0.1) is 0 Å². The molecular formula is C9H8N2O3. The average Bonchev–Trinajstić information content (AvgIpc) is 2.52. The van der Waals surface area contributed by atoms with E-state index in [9.17, 15) is 5.11 Å². The maximum absolute atomic E-state index is 9.50. The lowest BCUT2D eigenvalue weighted by Crippen LogP contribution is -1.84. The minimum Gasteiger partial charge on any atom is -0.508 e. The molecule has 4 N–H and O–H groups in total. The molecule has 0 aliphatic rings. The van der Waals surface area contributed by atoms with Gasteiger partial charge in [-0.1, -0.05) is 5.16 Å². The number of hydrogen-bond donors (Lipinski definition) is 3. The summed E-state index contributed by atoms with van der Waals surface area (Å²) < 4.78 is 4.66. The topological polar surface area (TPSA) is 92.5 Å². The van der Waals surface area contributed by atoms with Crippen LogP contribution in [0.4, 0.5) is 5.88 Å². The molecule has 0 saturated heterocycles. The van der Waals surface area contributed by atoms with Crippen LogP contribution in [0.25, 0.3) is 11.1 Å². The number of hydrogen-bond acceptors (Lipinski definition) is 5. The fraction of sp³-hybridized carbons (Fsp3) is 0. The van der Waals surface area contributed by atoms with Gasteiger partial charge in [-0.25, -0.2) is 0 Å². The number of benzene rings is 1. The van der Waals surface area contributed by atoms with Crippen molar-refractivity contribution in [1.29, 1.82) is 0 Å². The van der Waals surface area contributed by atoms with Gasteiger partial charge < -0.3 is 20.5 Å². The standard InChI is InChI=1S/C9H8N2O3/c10-9-7(4-11-14-9)6-2-1-5(12)3-8(6)13/h1-4,12-13H,10H2. The summed E-state index contributed by atoms with van der Waals surface area (Å²) in [6.07, 6.45) is 1.40. The van der Waals surface area contributed by atoms with Crippen LogP contribution in [0.15, 0.2) is 28.9 Å². The SMILES string of the molecule is Nc1oncc1-c1ccc(O)cc1O. The summed E-state index contributed by atoms with van der Waals surface area (Å²) in [5.74, 6) is 0.0483. The molecule has 0 atom stereocenters. The van der Waals surface area contributed by atoms with Gasteiger partial charge in [0.15, 0.2) is 0 Å². The molecular weight excluding hydrogens is 184 g/mol. The van der Waals surface area contributed by atoms with Crippen molar-refractivity contribution < 1.29 is 14.7 Å². The molecule has 72 valence electrons. The molecule has 0 amide bonds. The van der Waals surface area contributed by atoms with Crippen LogP contribution in [0.3, 0.4) is 0 Å². The number of nitrogens with two attached hydrogens (primary N) is 1. The molecule has 0 unspecified atom stereocenters. The van der Waals surface area contributed by atoms with Gasteiger partial charge in [0.1, 0.15) is 11.5 Å². The van der Waals surface area contributed by atoms with Crippen molar-refractivity contribution in [3.05, 3.63) is 24.4 Å². The molecule has 0 saturated carbocycles. The van der Waals surface area contributed by atoms with E-state index in [0.717, 1.165) is 0 Å². The van der Waals surface area contributed by atoms with E-state index >= 15 is 0 Å². The third-order valence-corrected chi connectivity index (χ3v) is 1.87. The van der Waals surface area contributed by atoms with E-state index in [0.29, 0.717) is 11.1 Å². The van der Waals surface area contributed by atoms with Crippen LogP contribution >= 0.6 is 0 Å². The maximum atomic E-state index is 9.50. The number of phenols is 2. The zero-order chi connectivity index (χ0) is 10.1. The second kappa shape index (κ2) is 2.95. The number of rotatable bonds is 1. The third kappa shape index (κ3) is 1.24. The highest BCUT2D eigenvalue weighted by molar-refractivity contribution is 5.77. The molecule has 5 nitrogen and oxygen atoms in total. The van der Waals surface area contributed by atoms with Crippen LogP contribution in [0, 0.1) is 0 Å². The highest BCUT2D eigenvalue weighted by atomic mass is 16.5. The van der Waals surface area contributed by atoms with Crippen molar-refractivity contribution in [3.8, 4) is 22.6 Å². The first-order valence-electron chi connectivity index (χ1n) is 3.91. The first-order chi connectivity index (χ1) is 6.68. The summed E-state index contributed by atoms with van der Waals surface area (Å²) in [7, 11) is 0. The molecule has 14 heavy (non-hydrogen) atoms. The van der Waals surface area contributed by atoms with Crippen molar-refractivity contribution in [2.45, 2.75) is 0 Å². The Bertz CT molecular complexity index is 465. The molecule has 0 radical (unpaired) electrons. The minimum atomic E-state index is -0.0695. The highest BCUT2D eigenvalue weighted by Crippen LogP contribution is 2.34. The van der Waals surface area contributed by atoms with Crippen LogP contribution in [0.5, 0.6) is 11.5 Å². The first-order valence-corrected chi connectivity index (χ1v) is 3.91. The molecule has 2 aromatic rings. The largest absolute Gasteiger partial charge is 0.508 e. The predicted octanol–water partition coefficient (Wildman–Crippen LogP) is 1.33. The van der Waals surface area contributed by atoms with Crippen LogP contribution in [-0.4, -0.2) is 15.4 Å². The Morgan fingerprint density at radius 1 is 1.21 bits per heavy atom. The van der Waals surface area contributed by atoms with Crippen LogP contribution < -0.4 is 5.73 Å². The Morgan fingerprint density at radius 2 is 2.00 bits per heavy atom. The van der Waals surface area contributed by atoms with Crippen molar-refractivity contribution in [1.82, 2.24) is 5.16 Å². The molecule has 0 fully saturated rings. The van der Waals surface area contributed by atoms with Crippen LogP contribution in [0.1, 0.15) is 0 Å². The van der Waals surface area contributed by atoms with Gasteiger partial charge >= 0.3 is 0 Å².